The minimum atomic E-state index is -0.823. The number of hydrogen-bond acceptors (Lipinski definition) is 3. The van der Waals surface area contributed by atoms with Gasteiger partial charge in [0.25, 0.3) is 5.91 Å². The zero-order chi connectivity index (χ0) is 19.1. The number of aliphatic carboxylic acids is 1. The van der Waals surface area contributed by atoms with Gasteiger partial charge in [-0.25, -0.2) is 0 Å². The molecule has 2 rings (SSSR count). The number of aryl methyl sites for hydroxylation is 2. The van der Waals surface area contributed by atoms with Crippen LogP contribution in [0.4, 0.5) is 5.69 Å². The summed E-state index contributed by atoms with van der Waals surface area (Å²) in [6.07, 6.45) is 0.562. The van der Waals surface area contributed by atoms with E-state index in [2.05, 4.69) is 19.2 Å². The molecule has 0 fully saturated rings. The van der Waals surface area contributed by atoms with Crippen LogP contribution in [0.5, 0.6) is 5.75 Å². The van der Waals surface area contributed by atoms with Gasteiger partial charge in [-0.2, -0.15) is 0 Å². The first-order chi connectivity index (χ1) is 12.3. The Bertz CT molecular complexity index is 766. The summed E-state index contributed by atoms with van der Waals surface area (Å²) in [6.45, 7) is 6.10. The van der Waals surface area contributed by atoms with Crippen molar-refractivity contribution in [2.24, 2.45) is 0 Å². The molecule has 2 N–H and O–H groups in total. The van der Waals surface area contributed by atoms with E-state index in [0.717, 1.165) is 22.4 Å². The maximum absolute atomic E-state index is 12.1. The summed E-state index contributed by atoms with van der Waals surface area (Å²) in [5, 5.41) is 11.5. The summed E-state index contributed by atoms with van der Waals surface area (Å²) in [4.78, 5) is 22.7. The maximum atomic E-state index is 12.1. The standard InChI is InChI=1S/C21H25NO4/c1-14(2)18-10-4-15(3)12-19(18)26-13-20(23)22-17-8-5-16(6-9-17)7-11-21(24)25/h4-6,8-10,12,14H,7,11,13H2,1-3H3,(H,22,23)(H,24,25). The van der Waals surface area contributed by atoms with Gasteiger partial charge in [-0.15, -0.1) is 0 Å². The lowest BCUT2D eigenvalue weighted by atomic mass is 10.0. The van der Waals surface area contributed by atoms with Crippen molar-refractivity contribution in [1.29, 1.82) is 0 Å². The summed E-state index contributed by atoms with van der Waals surface area (Å²) in [6, 6.07) is 13.2. The first-order valence-corrected chi connectivity index (χ1v) is 8.69. The molecule has 0 atom stereocenters. The van der Waals surface area contributed by atoms with E-state index < -0.39 is 5.97 Å². The van der Waals surface area contributed by atoms with E-state index in [9.17, 15) is 9.59 Å². The van der Waals surface area contributed by atoms with E-state index in [1.807, 2.05) is 37.3 Å². The van der Waals surface area contributed by atoms with Gasteiger partial charge < -0.3 is 15.2 Å². The third-order valence-corrected chi connectivity index (χ3v) is 4.02. The summed E-state index contributed by atoms with van der Waals surface area (Å²) in [7, 11) is 0. The molecule has 0 aliphatic heterocycles. The van der Waals surface area contributed by atoms with E-state index in [1.54, 1.807) is 12.1 Å². The molecule has 5 nitrogen and oxygen atoms in total. The Hall–Kier alpha value is -2.82. The number of carboxylic acids is 1. The number of carbonyl (C=O) groups is 2. The molecule has 138 valence electrons. The minimum Gasteiger partial charge on any atom is -0.483 e. The zero-order valence-electron chi connectivity index (χ0n) is 15.4. The number of nitrogens with one attached hydrogen (secondary N) is 1. The van der Waals surface area contributed by atoms with Crippen LogP contribution in [0.25, 0.3) is 0 Å². The Morgan fingerprint density at radius 2 is 1.81 bits per heavy atom. The Labute approximate surface area is 154 Å². The van der Waals surface area contributed by atoms with Crippen molar-refractivity contribution in [3.8, 4) is 5.75 Å². The molecule has 0 aliphatic rings. The van der Waals surface area contributed by atoms with Crippen LogP contribution in [0.3, 0.4) is 0 Å². The number of carbonyl (C=O) groups excluding carboxylic acids is 1. The molecule has 0 unspecified atom stereocenters. The molecule has 0 saturated heterocycles. The molecule has 2 aromatic carbocycles. The average molecular weight is 355 g/mol. The Morgan fingerprint density at radius 3 is 2.42 bits per heavy atom. The SMILES string of the molecule is Cc1ccc(C(C)C)c(OCC(=O)Nc2ccc(CCC(=O)O)cc2)c1. The Morgan fingerprint density at radius 1 is 1.12 bits per heavy atom. The van der Waals surface area contributed by atoms with E-state index in [-0.39, 0.29) is 18.9 Å². The third-order valence-electron chi connectivity index (χ3n) is 4.02. The average Bonchev–Trinajstić information content (AvgIpc) is 2.59. The van der Waals surface area contributed by atoms with Crippen molar-refractivity contribution >= 4 is 17.6 Å². The van der Waals surface area contributed by atoms with Crippen molar-refractivity contribution in [1.82, 2.24) is 0 Å². The molecule has 1 amide bonds. The summed E-state index contributed by atoms with van der Waals surface area (Å²) < 4.78 is 5.72. The third kappa shape index (κ3) is 5.92. The Kier molecular flexibility index (Phi) is 6.78. The number of benzene rings is 2. The van der Waals surface area contributed by atoms with E-state index in [4.69, 9.17) is 9.84 Å². The molecule has 5 heteroatoms. The first-order valence-electron chi connectivity index (χ1n) is 8.69. The number of hydrogen-bond donors (Lipinski definition) is 2. The highest BCUT2D eigenvalue weighted by molar-refractivity contribution is 5.91. The van der Waals surface area contributed by atoms with Crippen molar-refractivity contribution < 1.29 is 19.4 Å². The van der Waals surface area contributed by atoms with E-state index in [0.29, 0.717) is 18.0 Å². The number of carboxylic acid groups (broad SMARTS) is 1. The molecule has 0 radical (unpaired) electrons. The van der Waals surface area contributed by atoms with Crippen LogP contribution in [-0.4, -0.2) is 23.6 Å². The van der Waals surface area contributed by atoms with Crippen LogP contribution in [0, 0.1) is 6.92 Å². The predicted octanol–water partition coefficient (Wildman–Crippen LogP) is 4.15. The quantitative estimate of drug-likeness (QED) is 0.746. The number of ether oxygens (including phenoxy) is 1. The van der Waals surface area contributed by atoms with Crippen molar-refractivity contribution in [2.45, 2.75) is 39.5 Å². The normalized spacial score (nSPS) is 10.6. The van der Waals surface area contributed by atoms with Crippen molar-refractivity contribution in [3.63, 3.8) is 0 Å². The topological polar surface area (TPSA) is 75.6 Å². The van der Waals surface area contributed by atoms with Crippen LogP contribution in [-0.2, 0) is 16.0 Å². The van der Waals surface area contributed by atoms with Gasteiger partial charge >= 0.3 is 5.97 Å². The second kappa shape index (κ2) is 9.04. The highest BCUT2D eigenvalue weighted by Gasteiger charge is 2.10. The van der Waals surface area contributed by atoms with E-state index in [1.165, 1.54) is 0 Å². The molecule has 0 aliphatic carbocycles. The maximum Gasteiger partial charge on any atom is 0.303 e. The molecule has 2 aromatic rings. The highest BCUT2D eigenvalue weighted by Crippen LogP contribution is 2.27. The fourth-order valence-corrected chi connectivity index (χ4v) is 2.59. The van der Waals surface area contributed by atoms with Crippen molar-refractivity contribution in [2.75, 3.05) is 11.9 Å². The van der Waals surface area contributed by atoms with Gasteiger partial charge in [0.2, 0.25) is 0 Å². The summed E-state index contributed by atoms with van der Waals surface area (Å²) in [5.41, 5.74) is 3.74. The van der Waals surface area contributed by atoms with Crippen LogP contribution < -0.4 is 10.1 Å². The summed E-state index contributed by atoms with van der Waals surface area (Å²) >= 11 is 0. The van der Waals surface area contributed by atoms with Gasteiger partial charge in [0, 0.05) is 12.1 Å². The van der Waals surface area contributed by atoms with Crippen LogP contribution in [0.1, 0.15) is 42.9 Å². The number of rotatable bonds is 8. The summed E-state index contributed by atoms with van der Waals surface area (Å²) in [5.74, 6) is -0.0119. The smallest absolute Gasteiger partial charge is 0.303 e. The zero-order valence-corrected chi connectivity index (χ0v) is 15.4. The lowest BCUT2D eigenvalue weighted by molar-refractivity contribution is -0.137. The predicted molar refractivity (Wildman–Crippen MR) is 102 cm³/mol. The first kappa shape index (κ1) is 19.5. The van der Waals surface area contributed by atoms with Crippen LogP contribution in [0.15, 0.2) is 42.5 Å². The fraction of sp³-hybridized carbons (Fsp3) is 0.333. The molecule has 26 heavy (non-hydrogen) atoms. The molecule has 0 heterocycles. The molecule has 0 spiro atoms. The molecular formula is C21H25NO4. The van der Waals surface area contributed by atoms with Gasteiger partial charge in [0.05, 0.1) is 0 Å². The van der Waals surface area contributed by atoms with E-state index >= 15 is 0 Å². The number of amides is 1. The second-order valence-electron chi connectivity index (χ2n) is 6.62. The van der Waals surface area contributed by atoms with Crippen LogP contribution >= 0.6 is 0 Å². The van der Waals surface area contributed by atoms with Gasteiger partial charge in [-0.3, -0.25) is 9.59 Å². The lowest BCUT2D eigenvalue weighted by Gasteiger charge is -2.15. The van der Waals surface area contributed by atoms with Gasteiger partial charge in [-0.1, -0.05) is 38.1 Å². The second-order valence-corrected chi connectivity index (χ2v) is 6.62. The van der Waals surface area contributed by atoms with Crippen molar-refractivity contribution in [3.05, 3.63) is 59.2 Å². The van der Waals surface area contributed by atoms with Crippen LogP contribution in [0.2, 0.25) is 0 Å². The number of anilines is 1. The molecular weight excluding hydrogens is 330 g/mol. The monoisotopic (exact) mass is 355 g/mol. The highest BCUT2D eigenvalue weighted by atomic mass is 16.5. The lowest BCUT2D eigenvalue weighted by Crippen LogP contribution is -2.20. The largest absolute Gasteiger partial charge is 0.483 e. The van der Waals surface area contributed by atoms with Gasteiger partial charge in [0.1, 0.15) is 5.75 Å². The molecule has 0 aromatic heterocycles. The fourth-order valence-electron chi connectivity index (χ4n) is 2.59. The molecule has 0 bridgehead atoms. The van der Waals surface area contributed by atoms with Gasteiger partial charge in [-0.05, 0) is 54.2 Å². The van der Waals surface area contributed by atoms with Gasteiger partial charge in [0.15, 0.2) is 6.61 Å². The molecule has 0 saturated carbocycles. The minimum absolute atomic E-state index is 0.0655. The Balaban J connectivity index is 1.91.